The topological polar surface area (TPSA) is 55.8 Å². The fraction of sp³-hybridized carbons (Fsp3) is 0.217. The van der Waals surface area contributed by atoms with E-state index in [1.165, 1.54) is 10.6 Å². The van der Waals surface area contributed by atoms with Crippen molar-refractivity contribution >= 4 is 51.6 Å². The molecular formula is C23H22INO4S. The summed E-state index contributed by atoms with van der Waals surface area (Å²) < 4.78 is 13.2. The van der Waals surface area contributed by atoms with Crippen molar-refractivity contribution in [3.8, 4) is 11.5 Å². The number of nitrogens with zero attached hydrogens (tertiary/aromatic N) is 1. The zero-order chi connectivity index (χ0) is 21.7. The Kier molecular flexibility index (Phi) is 7.60. The van der Waals surface area contributed by atoms with Crippen LogP contribution in [0.1, 0.15) is 23.6 Å². The number of amides is 2. The van der Waals surface area contributed by atoms with E-state index in [9.17, 15) is 9.59 Å². The SMILES string of the molecule is C=CCc1cc(/C=C2\SC(=O)N(C)C2=O)cc(OCC)c1OCc1ccc(I)cc1. The van der Waals surface area contributed by atoms with E-state index in [0.29, 0.717) is 36.0 Å². The standard InChI is InChI=1S/C23H22INO4S/c1-4-6-17-11-16(13-20-22(26)25(3)23(27)30-20)12-19(28-5-2)21(17)29-14-15-7-9-18(24)10-8-15/h4,7-13H,1,5-6,14H2,2-3H3/b20-13-. The smallest absolute Gasteiger partial charge is 0.293 e. The molecule has 2 aromatic carbocycles. The molecule has 1 aliphatic rings. The number of carbonyl (C=O) groups excluding carboxylic acids is 2. The molecule has 0 radical (unpaired) electrons. The lowest BCUT2D eigenvalue weighted by Crippen LogP contribution is -2.22. The van der Waals surface area contributed by atoms with Crippen LogP contribution in [0.3, 0.4) is 0 Å². The van der Waals surface area contributed by atoms with Gasteiger partial charge in [-0.05, 0) is 89.2 Å². The summed E-state index contributed by atoms with van der Waals surface area (Å²) in [6.45, 7) is 6.64. The molecule has 0 unspecified atom stereocenters. The number of allylic oxidation sites excluding steroid dienone is 1. The maximum Gasteiger partial charge on any atom is 0.293 e. The molecule has 0 bridgehead atoms. The average Bonchev–Trinajstić information content (AvgIpc) is 2.96. The Balaban J connectivity index is 1.95. The van der Waals surface area contributed by atoms with Crippen molar-refractivity contribution in [1.29, 1.82) is 0 Å². The van der Waals surface area contributed by atoms with E-state index in [2.05, 4.69) is 29.2 Å². The second-order valence-corrected chi connectivity index (χ2v) is 8.83. The quantitative estimate of drug-likeness (QED) is 0.248. The fourth-order valence-corrected chi connectivity index (χ4v) is 4.12. The Labute approximate surface area is 194 Å². The van der Waals surface area contributed by atoms with Crippen LogP contribution in [0.5, 0.6) is 11.5 Å². The van der Waals surface area contributed by atoms with Gasteiger partial charge in [0, 0.05) is 16.2 Å². The summed E-state index contributed by atoms with van der Waals surface area (Å²) in [6.07, 6.45) is 4.10. The number of carbonyl (C=O) groups is 2. The number of hydrogen-bond acceptors (Lipinski definition) is 5. The number of benzene rings is 2. The van der Waals surface area contributed by atoms with Crippen LogP contribution in [0, 0.1) is 3.57 Å². The number of halogens is 1. The Morgan fingerprint density at radius 1 is 1.17 bits per heavy atom. The van der Waals surface area contributed by atoms with Crippen LogP contribution in [0.15, 0.2) is 54.0 Å². The molecule has 1 heterocycles. The van der Waals surface area contributed by atoms with Gasteiger partial charge in [-0.3, -0.25) is 14.5 Å². The summed E-state index contributed by atoms with van der Waals surface area (Å²) in [5.41, 5.74) is 2.74. The van der Waals surface area contributed by atoms with Crippen LogP contribution in [0.4, 0.5) is 4.79 Å². The number of imide groups is 1. The predicted octanol–water partition coefficient (Wildman–Crippen LogP) is 5.66. The van der Waals surface area contributed by atoms with Crippen molar-refractivity contribution < 1.29 is 19.1 Å². The Hall–Kier alpha value is -2.26. The first kappa shape index (κ1) is 22.4. The lowest BCUT2D eigenvalue weighted by molar-refractivity contribution is -0.121. The molecule has 3 rings (SSSR count). The fourth-order valence-electron chi connectivity index (χ4n) is 2.93. The van der Waals surface area contributed by atoms with Crippen LogP contribution >= 0.6 is 34.4 Å². The minimum Gasteiger partial charge on any atom is -0.490 e. The number of likely N-dealkylation sites (N-methyl/N-ethyl adjacent to an activating group) is 1. The molecule has 156 valence electrons. The zero-order valence-corrected chi connectivity index (χ0v) is 19.8. The van der Waals surface area contributed by atoms with E-state index >= 15 is 0 Å². The molecule has 0 aliphatic carbocycles. The maximum absolute atomic E-state index is 12.2. The van der Waals surface area contributed by atoms with Gasteiger partial charge in [0.05, 0.1) is 11.5 Å². The first-order chi connectivity index (χ1) is 14.4. The van der Waals surface area contributed by atoms with Gasteiger partial charge in [-0.2, -0.15) is 0 Å². The molecule has 30 heavy (non-hydrogen) atoms. The number of hydrogen-bond donors (Lipinski definition) is 0. The maximum atomic E-state index is 12.2. The van der Waals surface area contributed by atoms with Crippen molar-refractivity contribution in [2.24, 2.45) is 0 Å². The van der Waals surface area contributed by atoms with Crippen LogP contribution in [0.2, 0.25) is 0 Å². The summed E-state index contributed by atoms with van der Waals surface area (Å²) in [5.74, 6) is 0.965. The molecular weight excluding hydrogens is 513 g/mol. The molecule has 5 nitrogen and oxygen atoms in total. The third-order valence-corrected chi connectivity index (χ3v) is 6.08. The monoisotopic (exact) mass is 535 g/mol. The lowest BCUT2D eigenvalue weighted by atomic mass is 10.0. The van der Waals surface area contributed by atoms with Gasteiger partial charge < -0.3 is 9.47 Å². The number of thioether (sulfide) groups is 1. The molecule has 0 aromatic heterocycles. The molecule has 2 aromatic rings. The summed E-state index contributed by atoms with van der Waals surface area (Å²) in [6, 6.07) is 11.9. The van der Waals surface area contributed by atoms with E-state index in [-0.39, 0.29) is 11.1 Å². The summed E-state index contributed by atoms with van der Waals surface area (Å²) >= 11 is 3.20. The van der Waals surface area contributed by atoms with E-state index in [4.69, 9.17) is 9.47 Å². The van der Waals surface area contributed by atoms with Crippen LogP contribution < -0.4 is 9.47 Å². The second kappa shape index (κ2) is 10.2. The van der Waals surface area contributed by atoms with Gasteiger partial charge in [0.2, 0.25) is 0 Å². The average molecular weight is 535 g/mol. The van der Waals surface area contributed by atoms with Crippen molar-refractivity contribution in [2.75, 3.05) is 13.7 Å². The highest BCUT2D eigenvalue weighted by atomic mass is 127. The van der Waals surface area contributed by atoms with Gasteiger partial charge in [0.1, 0.15) is 6.61 Å². The van der Waals surface area contributed by atoms with Gasteiger partial charge >= 0.3 is 0 Å². The van der Waals surface area contributed by atoms with E-state index < -0.39 is 0 Å². The van der Waals surface area contributed by atoms with E-state index in [0.717, 1.165) is 33.4 Å². The molecule has 0 atom stereocenters. The largest absolute Gasteiger partial charge is 0.490 e. The lowest BCUT2D eigenvalue weighted by Gasteiger charge is -2.17. The van der Waals surface area contributed by atoms with Gasteiger partial charge in [-0.25, -0.2) is 0 Å². The van der Waals surface area contributed by atoms with Gasteiger partial charge in [-0.15, -0.1) is 6.58 Å². The highest BCUT2D eigenvalue weighted by Gasteiger charge is 2.31. The Morgan fingerprint density at radius 3 is 2.50 bits per heavy atom. The molecule has 1 saturated heterocycles. The van der Waals surface area contributed by atoms with E-state index in [1.54, 1.807) is 12.2 Å². The molecule has 7 heteroatoms. The third kappa shape index (κ3) is 5.26. The molecule has 0 spiro atoms. The van der Waals surface area contributed by atoms with Gasteiger partial charge in [0.25, 0.3) is 11.1 Å². The summed E-state index contributed by atoms with van der Waals surface area (Å²) in [7, 11) is 1.48. The second-order valence-electron chi connectivity index (χ2n) is 6.59. The van der Waals surface area contributed by atoms with Crippen LogP contribution in [-0.4, -0.2) is 29.7 Å². The first-order valence-corrected chi connectivity index (χ1v) is 11.3. The first-order valence-electron chi connectivity index (χ1n) is 9.42. The van der Waals surface area contributed by atoms with Crippen molar-refractivity contribution in [3.63, 3.8) is 0 Å². The van der Waals surface area contributed by atoms with E-state index in [1.807, 2.05) is 43.3 Å². The molecule has 0 N–H and O–H groups in total. The highest BCUT2D eigenvalue weighted by Crippen LogP contribution is 2.37. The molecule has 2 amide bonds. The molecule has 1 fully saturated rings. The van der Waals surface area contributed by atoms with Gasteiger partial charge in [0.15, 0.2) is 11.5 Å². The highest BCUT2D eigenvalue weighted by molar-refractivity contribution is 14.1. The third-order valence-electron chi connectivity index (χ3n) is 4.40. The van der Waals surface area contributed by atoms with Crippen molar-refractivity contribution in [1.82, 2.24) is 4.90 Å². The predicted molar refractivity (Wildman–Crippen MR) is 129 cm³/mol. The van der Waals surface area contributed by atoms with Gasteiger partial charge in [-0.1, -0.05) is 18.2 Å². The number of rotatable bonds is 8. The molecule has 1 aliphatic heterocycles. The summed E-state index contributed by atoms with van der Waals surface area (Å²) in [4.78, 5) is 25.5. The zero-order valence-electron chi connectivity index (χ0n) is 16.8. The molecule has 0 saturated carbocycles. The normalized spacial score (nSPS) is 15.0. The Morgan fingerprint density at radius 2 is 1.90 bits per heavy atom. The van der Waals surface area contributed by atoms with Crippen LogP contribution in [-0.2, 0) is 17.8 Å². The Bertz CT molecular complexity index is 1000. The van der Waals surface area contributed by atoms with Crippen molar-refractivity contribution in [3.05, 3.63) is 74.2 Å². The minimum absolute atomic E-state index is 0.278. The van der Waals surface area contributed by atoms with Crippen LogP contribution in [0.25, 0.3) is 6.08 Å². The minimum atomic E-state index is -0.299. The number of ether oxygens (including phenoxy) is 2. The van der Waals surface area contributed by atoms with Crippen molar-refractivity contribution in [2.45, 2.75) is 20.0 Å². The summed E-state index contributed by atoms with van der Waals surface area (Å²) in [5, 5.41) is -0.278.